The van der Waals surface area contributed by atoms with E-state index in [1.54, 1.807) is 19.3 Å². The molecular weight excluding hydrogens is 394 g/mol. The van der Waals surface area contributed by atoms with E-state index in [-0.39, 0.29) is 11.9 Å². The van der Waals surface area contributed by atoms with Crippen molar-refractivity contribution in [2.75, 3.05) is 20.3 Å². The molecule has 0 aromatic heterocycles. The quantitative estimate of drug-likeness (QED) is 0.434. The number of nitrogens with zero attached hydrogens (tertiary/aromatic N) is 1. The van der Waals surface area contributed by atoms with E-state index in [0.29, 0.717) is 36.1 Å². The molecule has 1 atom stereocenters. The van der Waals surface area contributed by atoms with Crippen LogP contribution in [-0.2, 0) is 14.3 Å². The summed E-state index contributed by atoms with van der Waals surface area (Å²) in [7, 11) is 1.62. The first-order valence-corrected chi connectivity index (χ1v) is 10.9. The SMILES string of the molecule is COc1ccc(C(CN2C(C)=CC(=C=O)C=C2C)OC(=O)C2CC2)cc1OCC1CC1. The summed E-state index contributed by atoms with van der Waals surface area (Å²) >= 11 is 0. The molecule has 164 valence electrons. The number of carbonyl (C=O) groups is 1. The van der Waals surface area contributed by atoms with Gasteiger partial charge in [-0.2, -0.15) is 0 Å². The van der Waals surface area contributed by atoms with Gasteiger partial charge in [-0.05, 0) is 75.3 Å². The van der Waals surface area contributed by atoms with E-state index in [1.165, 1.54) is 12.8 Å². The summed E-state index contributed by atoms with van der Waals surface area (Å²) in [5.74, 6) is 3.75. The summed E-state index contributed by atoms with van der Waals surface area (Å²) in [5.41, 5.74) is 3.19. The first-order valence-electron chi connectivity index (χ1n) is 10.9. The van der Waals surface area contributed by atoms with E-state index in [9.17, 15) is 9.59 Å². The van der Waals surface area contributed by atoms with Crippen molar-refractivity contribution in [3.8, 4) is 11.5 Å². The molecule has 0 amide bonds. The van der Waals surface area contributed by atoms with Gasteiger partial charge in [-0.1, -0.05) is 6.07 Å². The molecule has 31 heavy (non-hydrogen) atoms. The molecule has 2 saturated carbocycles. The van der Waals surface area contributed by atoms with Crippen molar-refractivity contribution in [1.82, 2.24) is 4.90 Å². The van der Waals surface area contributed by atoms with Gasteiger partial charge in [-0.15, -0.1) is 0 Å². The van der Waals surface area contributed by atoms with E-state index >= 15 is 0 Å². The largest absolute Gasteiger partial charge is 0.493 e. The highest BCUT2D eigenvalue weighted by Crippen LogP contribution is 2.37. The van der Waals surface area contributed by atoms with E-state index in [4.69, 9.17) is 14.2 Å². The zero-order valence-corrected chi connectivity index (χ0v) is 18.3. The predicted molar refractivity (Wildman–Crippen MR) is 116 cm³/mol. The molecule has 6 nitrogen and oxygen atoms in total. The first kappa shape index (κ1) is 21.3. The summed E-state index contributed by atoms with van der Waals surface area (Å²) in [6, 6.07) is 5.71. The Morgan fingerprint density at radius 1 is 1.13 bits per heavy atom. The van der Waals surface area contributed by atoms with Crippen LogP contribution in [0.25, 0.3) is 0 Å². The van der Waals surface area contributed by atoms with Gasteiger partial charge in [0.2, 0.25) is 0 Å². The van der Waals surface area contributed by atoms with E-state index in [0.717, 1.165) is 29.8 Å². The Bertz CT molecular complexity index is 942. The zero-order chi connectivity index (χ0) is 22.0. The number of hydrogen-bond acceptors (Lipinski definition) is 6. The smallest absolute Gasteiger partial charge is 0.309 e. The molecule has 0 saturated heterocycles. The van der Waals surface area contributed by atoms with Gasteiger partial charge < -0.3 is 19.1 Å². The van der Waals surface area contributed by atoms with Gasteiger partial charge >= 0.3 is 5.97 Å². The number of methoxy groups -OCH3 is 1. The topological polar surface area (TPSA) is 65.1 Å². The van der Waals surface area contributed by atoms with Crippen LogP contribution in [0.1, 0.15) is 51.2 Å². The Morgan fingerprint density at radius 2 is 1.84 bits per heavy atom. The fraction of sp³-hybridized carbons (Fsp3) is 0.480. The van der Waals surface area contributed by atoms with E-state index in [1.807, 2.05) is 38.0 Å². The van der Waals surface area contributed by atoms with Crippen LogP contribution in [0.5, 0.6) is 11.5 Å². The monoisotopic (exact) mass is 423 g/mol. The lowest BCUT2D eigenvalue weighted by Crippen LogP contribution is -2.30. The van der Waals surface area contributed by atoms with Gasteiger partial charge in [0, 0.05) is 11.4 Å². The summed E-state index contributed by atoms with van der Waals surface area (Å²) in [6.07, 6.45) is 7.28. The summed E-state index contributed by atoms with van der Waals surface area (Å²) in [5, 5.41) is 0. The second-order valence-corrected chi connectivity index (χ2v) is 8.60. The van der Waals surface area contributed by atoms with E-state index < -0.39 is 6.10 Å². The third kappa shape index (κ3) is 5.20. The fourth-order valence-electron chi connectivity index (χ4n) is 3.70. The van der Waals surface area contributed by atoms with Gasteiger partial charge in [0.1, 0.15) is 12.0 Å². The van der Waals surface area contributed by atoms with Gasteiger partial charge in [0.05, 0.1) is 31.8 Å². The minimum Gasteiger partial charge on any atom is -0.493 e. The van der Waals surface area contributed by atoms with Gasteiger partial charge in [0.25, 0.3) is 0 Å². The number of allylic oxidation sites excluding steroid dienone is 5. The normalized spacial score (nSPS) is 19.2. The van der Waals surface area contributed by atoms with Crippen molar-refractivity contribution in [1.29, 1.82) is 0 Å². The van der Waals surface area contributed by atoms with Crippen molar-refractivity contribution in [3.05, 3.63) is 52.9 Å². The number of benzene rings is 1. The van der Waals surface area contributed by atoms with Crippen molar-refractivity contribution < 1.29 is 23.8 Å². The van der Waals surface area contributed by atoms with Crippen LogP contribution >= 0.6 is 0 Å². The second kappa shape index (κ2) is 9.03. The Balaban J connectivity index is 1.60. The highest BCUT2D eigenvalue weighted by atomic mass is 16.5. The van der Waals surface area contributed by atoms with Crippen molar-refractivity contribution >= 4 is 11.9 Å². The third-order valence-electron chi connectivity index (χ3n) is 5.95. The molecule has 6 heteroatoms. The Labute approximate surface area is 183 Å². The Hall–Kier alpha value is -2.98. The first-order chi connectivity index (χ1) is 15.0. The molecule has 1 unspecified atom stereocenters. The highest BCUT2D eigenvalue weighted by molar-refractivity contribution is 5.75. The molecule has 3 aliphatic rings. The average Bonchev–Trinajstić information content (AvgIpc) is 3.66. The molecule has 0 bridgehead atoms. The molecule has 1 aromatic rings. The number of ether oxygens (including phenoxy) is 3. The maximum absolute atomic E-state index is 12.5. The molecule has 1 aromatic carbocycles. The van der Waals surface area contributed by atoms with Gasteiger partial charge in [-0.25, -0.2) is 4.79 Å². The fourth-order valence-corrected chi connectivity index (χ4v) is 3.70. The van der Waals surface area contributed by atoms with E-state index in [2.05, 4.69) is 4.90 Å². The minimum absolute atomic E-state index is 0.00516. The van der Waals surface area contributed by atoms with Crippen LogP contribution in [0.2, 0.25) is 0 Å². The van der Waals surface area contributed by atoms with Crippen LogP contribution in [0.15, 0.2) is 47.3 Å². The molecule has 1 aliphatic heterocycles. The van der Waals surface area contributed by atoms with Gasteiger partial charge in [0.15, 0.2) is 11.5 Å². The lowest BCUT2D eigenvalue weighted by molar-refractivity contribution is -0.151. The standard InChI is InChI=1S/C25H29NO5/c1-16-10-19(14-27)11-17(2)26(16)13-24(31-25(28)20-6-7-20)21-8-9-22(29-3)23(12-21)30-15-18-4-5-18/h8-12,18,20,24H,4-7,13,15H2,1-3H3. The molecule has 0 N–H and O–H groups in total. The lowest BCUT2D eigenvalue weighted by Gasteiger charge is -2.32. The molecule has 0 spiro atoms. The lowest BCUT2D eigenvalue weighted by atomic mass is 10.0. The van der Waals surface area contributed by atoms with Crippen molar-refractivity contribution in [2.24, 2.45) is 11.8 Å². The zero-order valence-electron chi connectivity index (χ0n) is 18.3. The van der Waals surface area contributed by atoms with Crippen LogP contribution < -0.4 is 9.47 Å². The number of esters is 1. The van der Waals surface area contributed by atoms with Crippen molar-refractivity contribution in [2.45, 2.75) is 45.6 Å². The van der Waals surface area contributed by atoms with Crippen LogP contribution in [0.3, 0.4) is 0 Å². The predicted octanol–water partition coefficient (Wildman–Crippen LogP) is 4.36. The average molecular weight is 424 g/mol. The molecule has 2 aliphatic carbocycles. The maximum Gasteiger partial charge on any atom is 0.309 e. The summed E-state index contributed by atoms with van der Waals surface area (Å²) in [4.78, 5) is 25.7. The molecule has 4 rings (SSSR count). The Morgan fingerprint density at radius 3 is 2.42 bits per heavy atom. The molecular formula is C25H29NO5. The molecule has 1 heterocycles. The summed E-state index contributed by atoms with van der Waals surface area (Å²) < 4.78 is 17.5. The van der Waals surface area contributed by atoms with Crippen molar-refractivity contribution in [3.63, 3.8) is 0 Å². The van der Waals surface area contributed by atoms with Gasteiger partial charge in [-0.3, -0.25) is 4.79 Å². The second-order valence-electron chi connectivity index (χ2n) is 8.60. The molecule has 2 fully saturated rings. The van der Waals surface area contributed by atoms with Crippen LogP contribution in [0.4, 0.5) is 0 Å². The Kier molecular flexibility index (Phi) is 6.19. The number of carbonyl (C=O) groups excluding carboxylic acids is 2. The molecule has 0 radical (unpaired) electrons. The number of hydrogen-bond donors (Lipinski definition) is 0. The third-order valence-corrected chi connectivity index (χ3v) is 5.95. The van der Waals surface area contributed by atoms with Crippen LogP contribution in [0, 0.1) is 11.8 Å². The minimum atomic E-state index is -0.476. The van der Waals surface area contributed by atoms with Crippen LogP contribution in [-0.4, -0.2) is 37.1 Å². The summed E-state index contributed by atoms with van der Waals surface area (Å²) in [6.45, 7) is 4.99. The maximum atomic E-state index is 12.5. The highest BCUT2D eigenvalue weighted by Gasteiger charge is 2.34. The number of rotatable bonds is 9.